The molecule has 0 spiro atoms. The highest BCUT2D eigenvalue weighted by Gasteiger charge is 2.41. The first kappa shape index (κ1) is 11.7. The number of nitrogens with zero attached hydrogens (tertiary/aromatic N) is 1. The Morgan fingerprint density at radius 3 is 2.86 bits per heavy atom. The molecule has 3 heteroatoms. The highest BCUT2D eigenvalue weighted by Crippen LogP contribution is 2.37. The Morgan fingerprint density at radius 1 is 1.64 bits per heavy atom. The molecule has 0 amide bonds. The second kappa shape index (κ2) is 4.95. The van der Waals surface area contributed by atoms with Gasteiger partial charge < -0.3 is 4.43 Å². The molecule has 1 aliphatic rings. The smallest absolute Gasteiger partial charge is 0.207 e. The summed E-state index contributed by atoms with van der Waals surface area (Å²) in [7, 11) is -1.71. The van der Waals surface area contributed by atoms with Crippen LogP contribution in [-0.4, -0.2) is 14.4 Å². The third kappa shape index (κ3) is 2.58. The minimum atomic E-state index is -1.71. The Bertz CT molecular complexity index is 226. The van der Waals surface area contributed by atoms with Crippen LogP contribution in [0.4, 0.5) is 0 Å². The van der Waals surface area contributed by atoms with Gasteiger partial charge in [0.25, 0.3) is 0 Å². The molecule has 0 aromatic carbocycles. The van der Waals surface area contributed by atoms with Crippen LogP contribution in [0.1, 0.15) is 39.5 Å². The van der Waals surface area contributed by atoms with E-state index in [0.717, 1.165) is 12.8 Å². The van der Waals surface area contributed by atoms with Gasteiger partial charge in [0.2, 0.25) is 8.32 Å². The van der Waals surface area contributed by atoms with Crippen molar-refractivity contribution in [2.75, 3.05) is 0 Å². The van der Waals surface area contributed by atoms with Crippen LogP contribution in [0, 0.1) is 11.3 Å². The molecule has 0 aliphatic carbocycles. The van der Waals surface area contributed by atoms with Gasteiger partial charge in [-0.15, -0.1) is 0 Å². The minimum Gasteiger partial charge on any atom is -0.413 e. The van der Waals surface area contributed by atoms with Crippen molar-refractivity contribution in [1.82, 2.24) is 0 Å². The molecule has 1 aliphatic heterocycles. The summed E-state index contributed by atoms with van der Waals surface area (Å²) < 4.78 is 6.10. The Labute approximate surface area is 88.4 Å². The first-order valence-electron chi connectivity index (χ1n) is 5.70. The topological polar surface area (TPSA) is 33.0 Å². The SMILES string of the molecule is CCCC(C#N)[Si]1(C)CCCC(C)O1. The molecule has 3 atom stereocenters. The zero-order chi connectivity index (χ0) is 10.6. The van der Waals surface area contributed by atoms with Crippen LogP contribution in [0.15, 0.2) is 0 Å². The second-order valence-corrected chi connectivity index (χ2v) is 8.66. The third-order valence-electron chi connectivity index (χ3n) is 3.22. The number of hydrogen-bond donors (Lipinski definition) is 0. The molecule has 0 bridgehead atoms. The van der Waals surface area contributed by atoms with Crippen molar-refractivity contribution in [1.29, 1.82) is 5.26 Å². The highest BCUT2D eigenvalue weighted by molar-refractivity contribution is 6.74. The van der Waals surface area contributed by atoms with Crippen molar-refractivity contribution >= 4 is 8.32 Å². The predicted molar refractivity (Wildman–Crippen MR) is 60.5 cm³/mol. The van der Waals surface area contributed by atoms with Crippen molar-refractivity contribution in [3.63, 3.8) is 0 Å². The van der Waals surface area contributed by atoms with Gasteiger partial charge in [-0.1, -0.05) is 19.8 Å². The van der Waals surface area contributed by atoms with E-state index >= 15 is 0 Å². The summed E-state index contributed by atoms with van der Waals surface area (Å²) >= 11 is 0. The van der Waals surface area contributed by atoms with Crippen molar-refractivity contribution in [3.05, 3.63) is 0 Å². The average molecular weight is 211 g/mol. The summed E-state index contributed by atoms with van der Waals surface area (Å²) in [6.07, 6.45) is 4.93. The molecule has 0 aromatic rings. The maximum Gasteiger partial charge on any atom is 0.207 e. The van der Waals surface area contributed by atoms with Gasteiger partial charge in [-0.3, -0.25) is 0 Å². The zero-order valence-corrected chi connectivity index (χ0v) is 10.5. The normalized spacial score (nSPS) is 34.9. The van der Waals surface area contributed by atoms with Crippen LogP contribution in [0.5, 0.6) is 0 Å². The Kier molecular flexibility index (Phi) is 4.15. The molecule has 3 unspecified atom stereocenters. The van der Waals surface area contributed by atoms with E-state index in [4.69, 9.17) is 9.69 Å². The van der Waals surface area contributed by atoms with Crippen molar-refractivity contribution in [3.8, 4) is 6.07 Å². The van der Waals surface area contributed by atoms with E-state index in [1.165, 1.54) is 18.9 Å². The zero-order valence-electron chi connectivity index (χ0n) is 9.55. The van der Waals surface area contributed by atoms with Gasteiger partial charge in [-0.25, -0.2) is 0 Å². The Balaban J connectivity index is 2.66. The fourth-order valence-corrected chi connectivity index (χ4v) is 6.12. The van der Waals surface area contributed by atoms with Gasteiger partial charge in [0.15, 0.2) is 0 Å². The molecular formula is C11H21NOSi. The summed E-state index contributed by atoms with van der Waals surface area (Å²) in [6.45, 7) is 6.53. The molecule has 1 fully saturated rings. The van der Waals surface area contributed by atoms with E-state index in [1.54, 1.807) is 0 Å². The Hall–Kier alpha value is -0.333. The lowest BCUT2D eigenvalue weighted by Crippen LogP contribution is -2.45. The number of nitriles is 1. The molecule has 1 saturated heterocycles. The van der Waals surface area contributed by atoms with E-state index in [0.29, 0.717) is 6.10 Å². The first-order valence-corrected chi connectivity index (χ1v) is 8.39. The van der Waals surface area contributed by atoms with Gasteiger partial charge >= 0.3 is 0 Å². The molecule has 0 saturated carbocycles. The van der Waals surface area contributed by atoms with Crippen LogP contribution >= 0.6 is 0 Å². The molecule has 1 rings (SSSR count). The average Bonchev–Trinajstić information content (AvgIpc) is 2.13. The van der Waals surface area contributed by atoms with Crippen LogP contribution in [0.3, 0.4) is 0 Å². The molecule has 0 aromatic heterocycles. The lowest BCUT2D eigenvalue weighted by molar-refractivity contribution is 0.172. The van der Waals surface area contributed by atoms with Crippen LogP contribution in [0.25, 0.3) is 0 Å². The van der Waals surface area contributed by atoms with Gasteiger partial charge in [-0.05, 0) is 32.4 Å². The standard InChI is InChI=1S/C11H21NOSi/c1-4-6-11(9-12)14(3)8-5-7-10(2)13-14/h10-11H,4-8H2,1-3H3. The van der Waals surface area contributed by atoms with Crippen LogP contribution in [0.2, 0.25) is 18.1 Å². The summed E-state index contributed by atoms with van der Waals surface area (Å²) in [5.41, 5.74) is 0.204. The molecular weight excluding hydrogens is 190 g/mol. The van der Waals surface area contributed by atoms with Gasteiger partial charge in [0, 0.05) is 6.10 Å². The van der Waals surface area contributed by atoms with Crippen molar-refractivity contribution in [2.45, 2.75) is 63.8 Å². The maximum atomic E-state index is 9.17. The highest BCUT2D eigenvalue weighted by atomic mass is 28.4. The summed E-state index contributed by atoms with van der Waals surface area (Å²) in [5.74, 6) is 0. The van der Waals surface area contributed by atoms with E-state index in [9.17, 15) is 0 Å². The van der Waals surface area contributed by atoms with Gasteiger partial charge in [0.05, 0.1) is 11.6 Å². The van der Waals surface area contributed by atoms with Crippen LogP contribution in [-0.2, 0) is 4.43 Å². The van der Waals surface area contributed by atoms with Crippen molar-refractivity contribution < 1.29 is 4.43 Å². The fraction of sp³-hybridized carbons (Fsp3) is 0.909. The van der Waals surface area contributed by atoms with E-state index in [2.05, 4.69) is 26.5 Å². The number of rotatable bonds is 3. The molecule has 0 N–H and O–H groups in total. The largest absolute Gasteiger partial charge is 0.413 e. The summed E-state index contributed by atoms with van der Waals surface area (Å²) in [6, 6.07) is 3.65. The maximum absolute atomic E-state index is 9.17. The van der Waals surface area contributed by atoms with Crippen molar-refractivity contribution in [2.24, 2.45) is 0 Å². The molecule has 0 radical (unpaired) electrons. The molecule has 14 heavy (non-hydrogen) atoms. The monoisotopic (exact) mass is 211 g/mol. The van der Waals surface area contributed by atoms with Crippen LogP contribution < -0.4 is 0 Å². The summed E-state index contributed by atoms with van der Waals surface area (Å²) in [4.78, 5) is 0. The Morgan fingerprint density at radius 2 is 2.36 bits per heavy atom. The summed E-state index contributed by atoms with van der Waals surface area (Å²) in [5, 5.41) is 9.17. The third-order valence-corrected chi connectivity index (χ3v) is 7.40. The second-order valence-electron chi connectivity index (χ2n) is 4.60. The minimum absolute atomic E-state index is 0.204. The molecule has 2 nitrogen and oxygen atoms in total. The van der Waals surface area contributed by atoms with E-state index in [-0.39, 0.29) is 5.54 Å². The fourth-order valence-electron chi connectivity index (χ4n) is 2.37. The predicted octanol–water partition coefficient (Wildman–Crippen LogP) is 3.45. The molecule has 1 heterocycles. The van der Waals surface area contributed by atoms with E-state index < -0.39 is 8.32 Å². The van der Waals surface area contributed by atoms with Gasteiger partial charge in [0.1, 0.15) is 0 Å². The lowest BCUT2D eigenvalue weighted by Gasteiger charge is -2.38. The first-order chi connectivity index (χ1) is 6.62. The van der Waals surface area contributed by atoms with Gasteiger partial charge in [-0.2, -0.15) is 5.26 Å². The molecule has 80 valence electrons. The number of hydrogen-bond acceptors (Lipinski definition) is 2. The quantitative estimate of drug-likeness (QED) is 0.670. The lowest BCUT2D eigenvalue weighted by atomic mass is 10.2. The van der Waals surface area contributed by atoms with E-state index in [1.807, 2.05) is 0 Å².